The van der Waals surface area contributed by atoms with Gasteiger partial charge in [0.2, 0.25) is 15.9 Å². The zero-order chi connectivity index (χ0) is 21.5. The highest BCUT2D eigenvalue weighted by Crippen LogP contribution is 2.38. The first-order valence-corrected chi connectivity index (χ1v) is 12.0. The van der Waals surface area contributed by atoms with Gasteiger partial charge >= 0.3 is 0 Å². The van der Waals surface area contributed by atoms with Crippen molar-refractivity contribution in [2.45, 2.75) is 62.8 Å². The van der Waals surface area contributed by atoms with E-state index < -0.39 is 16.1 Å². The highest BCUT2D eigenvalue weighted by atomic mass is 32.2. The van der Waals surface area contributed by atoms with Crippen LogP contribution in [-0.2, 0) is 17.1 Å². The molecule has 2 fully saturated rings. The molecule has 1 aliphatic heterocycles. The zero-order valence-electron chi connectivity index (χ0n) is 17.7. The predicted molar refractivity (Wildman–Crippen MR) is 109 cm³/mol. The lowest BCUT2D eigenvalue weighted by Crippen LogP contribution is -2.35. The van der Waals surface area contributed by atoms with E-state index in [-0.39, 0.29) is 22.4 Å². The summed E-state index contributed by atoms with van der Waals surface area (Å²) in [4.78, 5) is 17.6. The lowest BCUT2D eigenvalue weighted by Gasteiger charge is -2.25. The number of aromatic nitrogens is 3. The third-order valence-corrected chi connectivity index (χ3v) is 7.65. The number of sulfonamides is 1. The van der Waals surface area contributed by atoms with Crippen molar-refractivity contribution in [3.05, 3.63) is 29.7 Å². The Kier molecular flexibility index (Phi) is 5.71. The van der Waals surface area contributed by atoms with Crippen LogP contribution in [0.3, 0.4) is 0 Å². The van der Waals surface area contributed by atoms with Gasteiger partial charge < -0.3 is 14.4 Å². The summed E-state index contributed by atoms with van der Waals surface area (Å²) in [5.41, 5.74) is 0.276. The van der Waals surface area contributed by atoms with Crippen molar-refractivity contribution in [1.29, 1.82) is 0 Å². The Morgan fingerprint density at radius 1 is 1.23 bits per heavy atom. The molecule has 0 radical (unpaired) electrons. The van der Waals surface area contributed by atoms with Gasteiger partial charge in [0.25, 0.3) is 5.91 Å². The van der Waals surface area contributed by atoms with Gasteiger partial charge in [0.05, 0.1) is 0 Å². The van der Waals surface area contributed by atoms with Crippen molar-refractivity contribution >= 4 is 15.9 Å². The molecular formula is C20H29N5O4S. The molecule has 1 N–H and O–H groups in total. The van der Waals surface area contributed by atoms with Crippen LogP contribution in [-0.4, -0.2) is 46.4 Å². The van der Waals surface area contributed by atoms with E-state index in [1.165, 1.54) is 16.6 Å². The Morgan fingerprint density at radius 3 is 2.57 bits per heavy atom. The molecule has 1 aliphatic carbocycles. The standard InChI is InChI=1S/C20H29N5O4S/c1-13(2)17(20-22-18(23-29-20)14-7-8-14)21-19(26)16-11-15(12-24(16)3)30(27,28)25-9-5-4-6-10-25/h11-14,17H,4-10H2,1-3H3,(H,21,26). The van der Waals surface area contributed by atoms with Crippen molar-refractivity contribution in [3.8, 4) is 0 Å². The number of nitrogens with one attached hydrogen (secondary N) is 1. The van der Waals surface area contributed by atoms with Crippen molar-refractivity contribution in [1.82, 2.24) is 24.3 Å². The zero-order valence-corrected chi connectivity index (χ0v) is 18.5. The average Bonchev–Trinajstić information content (AvgIpc) is 3.32. The molecule has 0 bridgehead atoms. The fourth-order valence-electron chi connectivity index (χ4n) is 3.77. The number of nitrogens with zero attached hydrogens (tertiary/aromatic N) is 4. The number of piperidine rings is 1. The summed E-state index contributed by atoms with van der Waals surface area (Å²) in [5, 5.41) is 6.98. The molecule has 0 spiro atoms. The van der Waals surface area contributed by atoms with Gasteiger partial charge in [-0.1, -0.05) is 25.4 Å². The Bertz CT molecular complexity index is 1020. The number of aryl methyl sites for hydroxylation is 1. The molecule has 4 rings (SSSR count). The number of amides is 1. The molecule has 1 saturated heterocycles. The van der Waals surface area contributed by atoms with E-state index in [1.807, 2.05) is 13.8 Å². The van der Waals surface area contributed by atoms with E-state index in [9.17, 15) is 13.2 Å². The van der Waals surface area contributed by atoms with Crippen molar-refractivity contribution < 1.29 is 17.7 Å². The summed E-state index contributed by atoms with van der Waals surface area (Å²) in [7, 11) is -1.93. The van der Waals surface area contributed by atoms with E-state index in [0.29, 0.717) is 30.7 Å². The van der Waals surface area contributed by atoms with Gasteiger partial charge in [-0.3, -0.25) is 4.79 Å². The smallest absolute Gasteiger partial charge is 0.268 e. The fourth-order valence-corrected chi connectivity index (χ4v) is 5.35. The minimum absolute atomic E-state index is 0.0262. The topological polar surface area (TPSA) is 110 Å². The second-order valence-electron chi connectivity index (χ2n) is 8.60. The summed E-state index contributed by atoms with van der Waals surface area (Å²) in [5.74, 6) is 1.09. The minimum atomic E-state index is -3.60. The van der Waals surface area contributed by atoms with Crippen LogP contribution >= 0.6 is 0 Å². The minimum Gasteiger partial charge on any atom is -0.345 e. The molecule has 1 unspecified atom stereocenters. The maximum atomic E-state index is 13.0. The third-order valence-electron chi connectivity index (χ3n) is 5.78. The third kappa shape index (κ3) is 4.15. The summed E-state index contributed by atoms with van der Waals surface area (Å²) in [6, 6.07) is 0.995. The van der Waals surface area contributed by atoms with Gasteiger partial charge in [0, 0.05) is 32.3 Å². The predicted octanol–water partition coefficient (Wildman–Crippen LogP) is 2.59. The first-order valence-electron chi connectivity index (χ1n) is 10.6. The monoisotopic (exact) mass is 435 g/mol. The molecular weight excluding hydrogens is 406 g/mol. The van der Waals surface area contributed by atoms with E-state index in [4.69, 9.17) is 4.52 Å². The van der Waals surface area contributed by atoms with E-state index >= 15 is 0 Å². The van der Waals surface area contributed by atoms with Crippen LogP contribution in [0.15, 0.2) is 21.7 Å². The summed E-state index contributed by atoms with van der Waals surface area (Å²) in [6.07, 6.45) is 6.40. The van der Waals surface area contributed by atoms with Crippen molar-refractivity contribution in [3.63, 3.8) is 0 Å². The fraction of sp³-hybridized carbons (Fsp3) is 0.650. The summed E-state index contributed by atoms with van der Waals surface area (Å²) < 4.78 is 34.4. The summed E-state index contributed by atoms with van der Waals surface area (Å²) >= 11 is 0. The van der Waals surface area contributed by atoms with E-state index in [1.54, 1.807) is 11.6 Å². The number of carbonyl (C=O) groups is 1. The molecule has 3 heterocycles. The van der Waals surface area contributed by atoms with Gasteiger partial charge in [-0.2, -0.15) is 9.29 Å². The molecule has 164 valence electrons. The molecule has 2 aromatic heterocycles. The van der Waals surface area contributed by atoms with Crippen molar-refractivity contribution in [2.75, 3.05) is 13.1 Å². The lowest BCUT2D eigenvalue weighted by molar-refractivity contribution is 0.0905. The largest absolute Gasteiger partial charge is 0.345 e. The van der Waals surface area contributed by atoms with Gasteiger partial charge in [0.1, 0.15) is 16.6 Å². The van der Waals surface area contributed by atoms with Crippen LogP contribution in [0.4, 0.5) is 0 Å². The SMILES string of the molecule is CC(C)C(NC(=O)c1cc(S(=O)(=O)N2CCCCC2)cn1C)c1nc(C2CC2)no1. The molecule has 2 aliphatic rings. The highest BCUT2D eigenvalue weighted by Gasteiger charge is 2.33. The lowest BCUT2D eigenvalue weighted by atomic mass is 10.0. The van der Waals surface area contributed by atoms with E-state index in [2.05, 4.69) is 15.5 Å². The van der Waals surface area contributed by atoms with Gasteiger partial charge in [-0.25, -0.2) is 8.42 Å². The number of hydrogen-bond donors (Lipinski definition) is 1. The maximum absolute atomic E-state index is 13.0. The second-order valence-corrected chi connectivity index (χ2v) is 10.5. The quantitative estimate of drug-likeness (QED) is 0.716. The Morgan fingerprint density at radius 2 is 1.93 bits per heavy atom. The maximum Gasteiger partial charge on any atom is 0.268 e. The van der Waals surface area contributed by atoms with Crippen LogP contribution < -0.4 is 5.32 Å². The van der Waals surface area contributed by atoms with Crippen LogP contribution in [0.2, 0.25) is 0 Å². The van der Waals surface area contributed by atoms with Crippen LogP contribution in [0.1, 0.15) is 80.1 Å². The highest BCUT2D eigenvalue weighted by molar-refractivity contribution is 7.89. The first-order chi connectivity index (χ1) is 14.3. The summed E-state index contributed by atoms with van der Waals surface area (Å²) in [6.45, 7) is 4.97. The molecule has 1 saturated carbocycles. The first kappa shape index (κ1) is 21.0. The number of hydrogen-bond acceptors (Lipinski definition) is 6. The Balaban J connectivity index is 1.53. The molecule has 2 aromatic rings. The number of carbonyl (C=O) groups excluding carboxylic acids is 1. The molecule has 10 heteroatoms. The molecule has 1 atom stereocenters. The van der Waals surface area contributed by atoms with E-state index in [0.717, 1.165) is 32.1 Å². The Labute approximate surface area is 176 Å². The van der Waals surface area contributed by atoms with Crippen LogP contribution in [0.5, 0.6) is 0 Å². The molecule has 30 heavy (non-hydrogen) atoms. The average molecular weight is 436 g/mol. The normalized spacial score (nSPS) is 19.2. The van der Waals surface area contributed by atoms with Crippen LogP contribution in [0.25, 0.3) is 0 Å². The van der Waals surface area contributed by atoms with Gasteiger partial charge in [-0.15, -0.1) is 0 Å². The number of rotatable bonds is 7. The Hall–Kier alpha value is -2.20. The molecule has 9 nitrogen and oxygen atoms in total. The van der Waals surface area contributed by atoms with Crippen LogP contribution in [0, 0.1) is 5.92 Å². The van der Waals surface area contributed by atoms with Gasteiger partial charge in [-0.05, 0) is 37.7 Å². The van der Waals surface area contributed by atoms with Crippen molar-refractivity contribution in [2.24, 2.45) is 13.0 Å². The molecule has 1 amide bonds. The molecule has 0 aromatic carbocycles. The van der Waals surface area contributed by atoms with Gasteiger partial charge in [0.15, 0.2) is 5.82 Å². The second kappa shape index (κ2) is 8.14.